The number of hydrogen-bond donors (Lipinski definition) is 3. The van der Waals surface area contributed by atoms with Gasteiger partial charge in [-0.15, -0.1) is 0 Å². The van der Waals surface area contributed by atoms with Crippen molar-refractivity contribution >= 4 is 17.8 Å². The number of amides is 2. The predicted octanol–water partition coefficient (Wildman–Crippen LogP) is 3.87. The Bertz CT molecular complexity index is 683. The van der Waals surface area contributed by atoms with Crippen LogP contribution < -0.4 is 10.6 Å². The highest BCUT2D eigenvalue weighted by atomic mass is 16.7. The third-order valence-corrected chi connectivity index (χ3v) is 6.32. The Balaban J connectivity index is 3.07. The van der Waals surface area contributed by atoms with Gasteiger partial charge in [0, 0.05) is 17.4 Å². The molecule has 0 aromatic rings. The van der Waals surface area contributed by atoms with Gasteiger partial charge in [0.1, 0.15) is 6.10 Å². The third-order valence-electron chi connectivity index (χ3n) is 6.32. The summed E-state index contributed by atoms with van der Waals surface area (Å²) >= 11 is 0. The van der Waals surface area contributed by atoms with Crippen molar-refractivity contribution in [2.75, 3.05) is 6.61 Å². The van der Waals surface area contributed by atoms with Crippen molar-refractivity contribution < 1.29 is 29.0 Å². The van der Waals surface area contributed by atoms with E-state index >= 15 is 0 Å². The molecule has 2 amide bonds. The maximum atomic E-state index is 13.2. The number of ether oxygens (including phenoxy) is 2. The van der Waals surface area contributed by atoms with E-state index in [1.54, 1.807) is 13.8 Å². The first-order valence-electron chi connectivity index (χ1n) is 12.2. The zero-order chi connectivity index (χ0) is 25.6. The number of rotatable bonds is 11. The van der Waals surface area contributed by atoms with Crippen molar-refractivity contribution in [3.8, 4) is 0 Å². The van der Waals surface area contributed by atoms with Crippen LogP contribution >= 0.6 is 0 Å². The second kappa shape index (κ2) is 11.6. The molecule has 4 atom stereocenters. The van der Waals surface area contributed by atoms with Crippen LogP contribution in [0.4, 0.5) is 0 Å². The van der Waals surface area contributed by atoms with Crippen LogP contribution in [0.5, 0.6) is 0 Å². The molecular formula is C25H46N2O6. The van der Waals surface area contributed by atoms with Crippen LogP contribution in [0, 0.1) is 16.7 Å². The van der Waals surface area contributed by atoms with Gasteiger partial charge in [-0.2, -0.15) is 0 Å². The van der Waals surface area contributed by atoms with Gasteiger partial charge in [0.15, 0.2) is 5.79 Å². The first kappa shape index (κ1) is 29.4. The number of aliphatic carboxylic acids is 1. The second-order valence-electron chi connectivity index (χ2n) is 11.5. The fourth-order valence-electron chi connectivity index (χ4n) is 4.20. The van der Waals surface area contributed by atoms with E-state index in [0.29, 0.717) is 13.0 Å². The lowest BCUT2D eigenvalue weighted by atomic mass is 9.77. The van der Waals surface area contributed by atoms with Gasteiger partial charge in [-0.25, -0.2) is 0 Å². The molecular weight excluding hydrogens is 424 g/mol. The lowest BCUT2D eigenvalue weighted by Crippen LogP contribution is -2.61. The molecule has 1 rings (SSSR count). The van der Waals surface area contributed by atoms with Crippen LogP contribution in [0.1, 0.15) is 94.4 Å². The molecule has 8 nitrogen and oxygen atoms in total. The molecule has 33 heavy (non-hydrogen) atoms. The molecule has 0 spiro atoms. The summed E-state index contributed by atoms with van der Waals surface area (Å²) in [6, 6.07) is -1.28. The van der Waals surface area contributed by atoms with E-state index in [1.807, 2.05) is 41.5 Å². The molecule has 0 saturated carbocycles. The smallest absolute Gasteiger partial charge is 0.305 e. The average Bonchev–Trinajstić information content (AvgIpc) is 2.66. The van der Waals surface area contributed by atoms with E-state index < -0.39 is 41.3 Å². The molecule has 0 aromatic carbocycles. The van der Waals surface area contributed by atoms with Crippen LogP contribution in [0.25, 0.3) is 0 Å². The van der Waals surface area contributed by atoms with Gasteiger partial charge in [-0.1, -0.05) is 61.3 Å². The van der Waals surface area contributed by atoms with Gasteiger partial charge in [0.2, 0.25) is 11.8 Å². The molecule has 1 aliphatic rings. The highest BCUT2D eigenvalue weighted by Crippen LogP contribution is 2.35. The summed E-state index contributed by atoms with van der Waals surface area (Å²) < 4.78 is 11.6. The first-order chi connectivity index (χ1) is 15.0. The Kier molecular flexibility index (Phi) is 10.4. The molecule has 0 aromatic heterocycles. The highest BCUT2D eigenvalue weighted by Gasteiger charge is 2.46. The maximum Gasteiger partial charge on any atom is 0.305 e. The lowest BCUT2D eigenvalue weighted by Gasteiger charge is -2.45. The Morgan fingerprint density at radius 2 is 1.67 bits per heavy atom. The van der Waals surface area contributed by atoms with Crippen LogP contribution in [-0.2, 0) is 23.9 Å². The third kappa shape index (κ3) is 8.89. The molecule has 3 N–H and O–H groups in total. The first-order valence-corrected chi connectivity index (χ1v) is 12.2. The van der Waals surface area contributed by atoms with Crippen molar-refractivity contribution in [3.05, 3.63) is 0 Å². The minimum atomic E-state index is -1.04. The van der Waals surface area contributed by atoms with Gasteiger partial charge in [-0.05, 0) is 32.1 Å². The van der Waals surface area contributed by atoms with E-state index in [-0.39, 0.29) is 23.7 Å². The Hall–Kier alpha value is -1.67. The number of carbonyl (C=O) groups excluding carboxylic acids is 2. The van der Waals surface area contributed by atoms with E-state index in [0.717, 1.165) is 19.3 Å². The number of carbonyl (C=O) groups is 3. The molecule has 0 radical (unpaired) electrons. The number of carboxylic acid groups (broad SMARTS) is 1. The monoisotopic (exact) mass is 470 g/mol. The van der Waals surface area contributed by atoms with Crippen LogP contribution in [-0.4, -0.2) is 53.5 Å². The van der Waals surface area contributed by atoms with Crippen LogP contribution in [0.15, 0.2) is 0 Å². The van der Waals surface area contributed by atoms with Crippen molar-refractivity contribution in [1.29, 1.82) is 0 Å². The quantitative estimate of drug-likeness (QED) is 0.422. The van der Waals surface area contributed by atoms with Crippen LogP contribution in [0.3, 0.4) is 0 Å². The molecule has 192 valence electrons. The van der Waals surface area contributed by atoms with Crippen molar-refractivity contribution in [3.63, 3.8) is 0 Å². The Morgan fingerprint density at radius 3 is 2.15 bits per heavy atom. The SMILES string of the molecule is CCCCC(C(=O)NC(CC)C(CC(=O)O)NC(=O)C1OC(C)(C)OCC1(C)C)C(C)(C)C. The summed E-state index contributed by atoms with van der Waals surface area (Å²) in [6.45, 7) is 17.7. The van der Waals surface area contributed by atoms with E-state index in [2.05, 4.69) is 17.6 Å². The molecule has 0 bridgehead atoms. The van der Waals surface area contributed by atoms with Gasteiger partial charge in [0.05, 0.1) is 19.1 Å². The fraction of sp³-hybridized carbons (Fsp3) is 0.880. The average molecular weight is 471 g/mol. The lowest BCUT2D eigenvalue weighted by molar-refractivity contribution is -0.304. The summed E-state index contributed by atoms with van der Waals surface area (Å²) in [6.07, 6.45) is 2.07. The largest absolute Gasteiger partial charge is 0.481 e. The summed E-state index contributed by atoms with van der Waals surface area (Å²) in [7, 11) is 0. The molecule has 8 heteroatoms. The zero-order valence-corrected chi connectivity index (χ0v) is 22.0. The van der Waals surface area contributed by atoms with E-state index in [4.69, 9.17) is 9.47 Å². The second-order valence-corrected chi connectivity index (χ2v) is 11.5. The number of unbranched alkanes of at least 4 members (excludes halogenated alkanes) is 1. The minimum absolute atomic E-state index is 0.101. The number of hydrogen-bond acceptors (Lipinski definition) is 5. The molecule has 4 unspecified atom stereocenters. The minimum Gasteiger partial charge on any atom is -0.481 e. The Morgan fingerprint density at radius 1 is 1.06 bits per heavy atom. The van der Waals surface area contributed by atoms with E-state index in [1.165, 1.54) is 0 Å². The van der Waals surface area contributed by atoms with Crippen molar-refractivity contribution in [2.45, 2.75) is 118 Å². The van der Waals surface area contributed by atoms with E-state index in [9.17, 15) is 19.5 Å². The predicted molar refractivity (Wildman–Crippen MR) is 128 cm³/mol. The number of carboxylic acids is 1. The standard InChI is InChI=1S/C25H46N2O6/c1-10-12-13-16(23(3,4)5)21(30)26-17(11-2)18(14-19(28)29)27-22(31)20-24(6,7)15-32-25(8,9)33-20/h16-18,20H,10-15H2,1-9H3,(H,26,30)(H,27,31)(H,28,29). The van der Waals surface area contributed by atoms with Gasteiger partial charge >= 0.3 is 5.97 Å². The van der Waals surface area contributed by atoms with Gasteiger partial charge in [-0.3, -0.25) is 14.4 Å². The maximum absolute atomic E-state index is 13.2. The van der Waals surface area contributed by atoms with Crippen LogP contribution in [0.2, 0.25) is 0 Å². The number of nitrogens with one attached hydrogen (secondary N) is 2. The zero-order valence-electron chi connectivity index (χ0n) is 22.0. The summed E-state index contributed by atoms with van der Waals surface area (Å²) in [5.41, 5.74) is -0.815. The van der Waals surface area contributed by atoms with Gasteiger partial charge < -0.3 is 25.2 Å². The molecule has 1 aliphatic heterocycles. The van der Waals surface area contributed by atoms with Crippen molar-refractivity contribution in [2.24, 2.45) is 16.7 Å². The van der Waals surface area contributed by atoms with Gasteiger partial charge in [0.25, 0.3) is 0 Å². The molecule has 1 fully saturated rings. The summed E-state index contributed by atoms with van der Waals surface area (Å²) in [4.78, 5) is 38.1. The summed E-state index contributed by atoms with van der Waals surface area (Å²) in [5, 5.41) is 15.4. The Labute approximate surface area is 199 Å². The summed E-state index contributed by atoms with van der Waals surface area (Å²) in [5.74, 6) is -2.66. The normalized spacial score (nSPS) is 22.6. The molecule has 1 heterocycles. The fourth-order valence-corrected chi connectivity index (χ4v) is 4.20. The van der Waals surface area contributed by atoms with Crippen molar-refractivity contribution in [1.82, 2.24) is 10.6 Å². The molecule has 1 saturated heterocycles. The highest BCUT2D eigenvalue weighted by molar-refractivity contribution is 5.83. The topological polar surface area (TPSA) is 114 Å². The molecule has 0 aliphatic carbocycles.